The highest BCUT2D eigenvalue weighted by Gasteiger charge is 2.29. The molecule has 24 heavy (non-hydrogen) atoms. The van der Waals surface area contributed by atoms with Crippen molar-refractivity contribution in [2.75, 3.05) is 13.1 Å². The van der Waals surface area contributed by atoms with Gasteiger partial charge in [-0.05, 0) is 31.4 Å². The van der Waals surface area contributed by atoms with Crippen molar-refractivity contribution in [1.82, 2.24) is 4.90 Å². The quantitative estimate of drug-likeness (QED) is 0.652. The van der Waals surface area contributed by atoms with E-state index in [1.54, 1.807) is 17.1 Å². The number of esters is 1. The van der Waals surface area contributed by atoms with Crippen LogP contribution in [0.1, 0.15) is 25.3 Å². The molecule has 1 heterocycles. The van der Waals surface area contributed by atoms with Crippen molar-refractivity contribution in [3.63, 3.8) is 0 Å². The molecule has 6 nitrogen and oxygen atoms in total. The van der Waals surface area contributed by atoms with E-state index < -0.39 is 18.0 Å². The Kier molecular flexibility index (Phi) is 6.12. The second kappa shape index (κ2) is 8.29. The standard InChI is InChI=1S/C18H22N2O4/c1-13(17(19)22)24-18(23)15-9-11-20(12-10-15)16(21)8-7-14-5-3-2-4-6-14/h2-8,13,15H,9-12H2,1H3,(H2,19,22)/b8-7+. The van der Waals surface area contributed by atoms with Crippen molar-refractivity contribution in [3.05, 3.63) is 42.0 Å². The lowest BCUT2D eigenvalue weighted by molar-refractivity contribution is -0.159. The topological polar surface area (TPSA) is 89.7 Å². The molecule has 128 valence electrons. The Morgan fingerprint density at radius 3 is 2.42 bits per heavy atom. The molecule has 2 rings (SSSR count). The van der Waals surface area contributed by atoms with Crippen LogP contribution in [-0.4, -0.2) is 41.9 Å². The molecule has 6 heteroatoms. The molecule has 1 fully saturated rings. The van der Waals surface area contributed by atoms with E-state index in [-0.39, 0.29) is 11.8 Å². The molecule has 1 aliphatic heterocycles. The zero-order valence-electron chi connectivity index (χ0n) is 13.7. The predicted octanol–water partition coefficient (Wildman–Crippen LogP) is 1.36. The van der Waals surface area contributed by atoms with E-state index in [1.807, 2.05) is 30.3 Å². The number of nitrogens with two attached hydrogens (primary N) is 1. The molecule has 2 amide bonds. The van der Waals surface area contributed by atoms with Gasteiger partial charge in [0.05, 0.1) is 5.92 Å². The number of rotatable bonds is 5. The highest BCUT2D eigenvalue weighted by molar-refractivity contribution is 5.92. The van der Waals surface area contributed by atoms with E-state index in [4.69, 9.17) is 10.5 Å². The first kappa shape index (κ1) is 17.7. The van der Waals surface area contributed by atoms with Gasteiger partial charge in [0.2, 0.25) is 5.91 Å². The third-order valence-corrected chi connectivity index (χ3v) is 4.05. The molecule has 1 aromatic rings. The van der Waals surface area contributed by atoms with Gasteiger partial charge >= 0.3 is 5.97 Å². The van der Waals surface area contributed by atoms with Gasteiger partial charge in [-0.3, -0.25) is 14.4 Å². The maximum absolute atomic E-state index is 12.2. The van der Waals surface area contributed by atoms with Crippen LogP contribution in [0.5, 0.6) is 0 Å². The van der Waals surface area contributed by atoms with Crippen LogP contribution in [0, 0.1) is 5.92 Å². The second-order valence-electron chi connectivity index (χ2n) is 5.83. The van der Waals surface area contributed by atoms with Crippen molar-refractivity contribution in [2.24, 2.45) is 11.7 Å². The fraction of sp³-hybridized carbons (Fsp3) is 0.389. The smallest absolute Gasteiger partial charge is 0.309 e. The lowest BCUT2D eigenvalue weighted by Gasteiger charge is -2.30. The molecule has 0 bridgehead atoms. The van der Waals surface area contributed by atoms with Crippen molar-refractivity contribution in [2.45, 2.75) is 25.9 Å². The first-order chi connectivity index (χ1) is 11.5. The third-order valence-electron chi connectivity index (χ3n) is 4.05. The number of amides is 2. The van der Waals surface area contributed by atoms with Gasteiger partial charge in [-0.25, -0.2) is 0 Å². The number of likely N-dealkylation sites (tertiary alicyclic amines) is 1. The van der Waals surface area contributed by atoms with Crippen LogP contribution in [-0.2, 0) is 19.1 Å². The van der Waals surface area contributed by atoms with Crippen LogP contribution >= 0.6 is 0 Å². The average Bonchev–Trinajstić information content (AvgIpc) is 2.60. The minimum Gasteiger partial charge on any atom is -0.452 e. The SMILES string of the molecule is CC(OC(=O)C1CCN(C(=O)/C=C/c2ccccc2)CC1)C(N)=O. The molecule has 1 unspecified atom stereocenters. The minimum absolute atomic E-state index is 0.0730. The van der Waals surface area contributed by atoms with E-state index in [0.29, 0.717) is 25.9 Å². The van der Waals surface area contributed by atoms with Crippen LogP contribution in [0.15, 0.2) is 36.4 Å². The summed E-state index contributed by atoms with van der Waals surface area (Å²) in [6.07, 6.45) is 3.44. The van der Waals surface area contributed by atoms with Gasteiger partial charge in [-0.15, -0.1) is 0 Å². The summed E-state index contributed by atoms with van der Waals surface area (Å²) in [5.41, 5.74) is 6.04. The normalized spacial score (nSPS) is 16.8. The summed E-state index contributed by atoms with van der Waals surface area (Å²) in [4.78, 5) is 36.8. The number of piperidine rings is 1. The Labute approximate surface area is 141 Å². The first-order valence-corrected chi connectivity index (χ1v) is 7.99. The summed E-state index contributed by atoms with van der Waals surface area (Å²) >= 11 is 0. The van der Waals surface area contributed by atoms with Gasteiger partial charge in [0.15, 0.2) is 6.10 Å². The van der Waals surface area contributed by atoms with Crippen LogP contribution in [0.25, 0.3) is 6.08 Å². The van der Waals surface area contributed by atoms with Crippen molar-refractivity contribution < 1.29 is 19.1 Å². The summed E-state index contributed by atoms with van der Waals surface area (Å²) in [7, 11) is 0. The van der Waals surface area contributed by atoms with E-state index in [0.717, 1.165) is 5.56 Å². The lowest BCUT2D eigenvalue weighted by atomic mass is 9.97. The Hall–Kier alpha value is -2.63. The number of benzene rings is 1. The van der Waals surface area contributed by atoms with Crippen LogP contribution in [0.3, 0.4) is 0 Å². The van der Waals surface area contributed by atoms with Gasteiger partial charge in [0.25, 0.3) is 5.91 Å². The monoisotopic (exact) mass is 330 g/mol. The molecule has 1 aromatic carbocycles. The van der Waals surface area contributed by atoms with Gasteiger partial charge in [-0.1, -0.05) is 30.3 Å². The number of hydrogen-bond donors (Lipinski definition) is 1. The van der Waals surface area contributed by atoms with E-state index in [2.05, 4.69) is 0 Å². The van der Waals surface area contributed by atoms with Crippen molar-refractivity contribution in [3.8, 4) is 0 Å². The predicted molar refractivity (Wildman–Crippen MR) is 89.5 cm³/mol. The maximum atomic E-state index is 12.2. The van der Waals surface area contributed by atoms with E-state index in [1.165, 1.54) is 6.92 Å². The molecule has 2 N–H and O–H groups in total. The molecule has 1 atom stereocenters. The highest BCUT2D eigenvalue weighted by atomic mass is 16.5. The summed E-state index contributed by atoms with van der Waals surface area (Å²) in [6, 6.07) is 9.59. The molecule has 1 saturated heterocycles. The van der Waals surface area contributed by atoms with E-state index in [9.17, 15) is 14.4 Å². The Morgan fingerprint density at radius 1 is 1.21 bits per heavy atom. The van der Waals surface area contributed by atoms with Gasteiger partial charge < -0.3 is 15.4 Å². The molecular formula is C18H22N2O4. The molecular weight excluding hydrogens is 308 g/mol. The summed E-state index contributed by atoms with van der Waals surface area (Å²) in [6.45, 7) is 2.43. The zero-order valence-corrected chi connectivity index (χ0v) is 13.7. The fourth-order valence-corrected chi connectivity index (χ4v) is 2.50. The molecule has 1 aliphatic rings. The third kappa shape index (κ3) is 4.94. The number of ether oxygens (including phenoxy) is 1. The van der Waals surface area contributed by atoms with Crippen LogP contribution in [0.2, 0.25) is 0 Å². The number of primary amides is 1. The zero-order chi connectivity index (χ0) is 17.5. The summed E-state index contributed by atoms with van der Waals surface area (Å²) in [5, 5.41) is 0. The number of carbonyl (C=O) groups excluding carboxylic acids is 3. The minimum atomic E-state index is -0.925. The van der Waals surface area contributed by atoms with Crippen LogP contribution in [0.4, 0.5) is 0 Å². The lowest BCUT2D eigenvalue weighted by Crippen LogP contribution is -2.41. The van der Waals surface area contributed by atoms with Gasteiger partial charge in [0.1, 0.15) is 0 Å². The van der Waals surface area contributed by atoms with Crippen molar-refractivity contribution >= 4 is 23.9 Å². The number of hydrogen-bond acceptors (Lipinski definition) is 4. The fourth-order valence-electron chi connectivity index (χ4n) is 2.50. The van der Waals surface area contributed by atoms with Gasteiger partial charge in [0, 0.05) is 19.2 Å². The summed E-state index contributed by atoms with van der Waals surface area (Å²) in [5.74, 6) is -1.46. The van der Waals surface area contributed by atoms with E-state index >= 15 is 0 Å². The first-order valence-electron chi connectivity index (χ1n) is 7.99. The molecule has 0 radical (unpaired) electrons. The number of nitrogens with zero attached hydrogens (tertiary/aromatic N) is 1. The Morgan fingerprint density at radius 2 is 1.83 bits per heavy atom. The molecule has 0 aliphatic carbocycles. The number of carbonyl (C=O) groups is 3. The molecule has 0 saturated carbocycles. The Balaban J connectivity index is 1.81. The average molecular weight is 330 g/mol. The second-order valence-corrected chi connectivity index (χ2v) is 5.83. The maximum Gasteiger partial charge on any atom is 0.309 e. The Bertz CT molecular complexity index is 619. The van der Waals surface area contributed by atoms with Crippen molar-refractivity contribution in [1.29, 1.82) is 0 Å². The highest BCUT2D eigenvalue weighted by Crippen LogP contribution is 2.19. The molecule has 0 aromatic heterocycles. The van der Waals surface area contributed by atoms with Crippen LogP contribution < -0.4 is 5.73 Å². The largest absolute Gasteiger partial charge is 0.452 e. The van der Waals surface area contributed by atoms with Gasteiger partial charge in [-0.2, -0.15) is 0 Å². The summed E-state index contributed by atoms with van der Waals surface area (Å²) < 4.78 is 5.02. The molecule has 0 spiro atoms.